The summed E-state index contributed by atoms with van der Waals surface area (Å²) in [5.74, 6) is -0.168. The number of benzene rings is 1. The van der Waals surface area contributed by atoms with Gasteiger partial charge in [-0.05, 0) is 30.5 Å². The van der Waals surface area contributed by atoms with Gasteiger partial charge in [0.05, 0.1) is 17.9 Å². The molecule has 8 nitrogen and oxygen atoms in total. The SMILES string of the molecule is O=C(O)c1cnc(C(=O)NC2(c3ccc4c(c3)OCCO4)CCCC2)cn1. The number of ether oxygens (including phenoxy) is 2. The summed E-state index contributed by atoms with van der Waals surface area (Å²) in [6, 6.07) is 5.76. The molecule has 1 fully saturated rings. The fraction of sp³-hybridized carbons (Fsp3) is 0.368. The van der Waals surface area contributed by atoms with Gasteiger partial charge in [-0.3, -0.25) is 4.79 Å². The molecule has 27 heavy (non-hydrogen) atoms. The van der Waals surface area contributed by atoms with Gasteiger partial charge in [-0.15, -0.1) is 0 Å². The minimum Gasteiger partial charge on any atom is -0.486 e. The normalized spacial score (nSPS) is 17.3. The van der Waals surface area contributed by atoms with Crippen LogP contribution in [0.15, 0.2) is 30.6 Å². The molecular weight excluding hydrogens is 350 g/mol. The van der Waals surface area contributed by atoms with Gasteiger partial charge in [-0.2, -0.15) is 0 Å². The molecule has 2 aromatic rings. The van der Waals surface area contributed by atoms with Gasteiger partial charge in [0, 0.05) is 0 Å². The molecule has 8 heteroatoms. The Morgan fingerprint density at radius 1 is 1.00 bits per heavy atom. The molecule has 0 spiro atoms. The van der Waals surface area contributed by atoms with E-state index < -0.39 is 11.5 Å². The number of rotatable bonds is 4. The summed E-state index contributed by atoms with van der Waals surface area (Å²) in [6.07, 6.45) is 5.88. The lowest BCUT2D eigenvalue weighted by atomic mass is 9.87. The maximum atomic E-state index is 12.7. The highest BCUT2D eigenvalue weighted by Crippen LogP contribution is 2.42. The van der Waals surface area contributed by atoms with Crippen LogP contribution in [0.2, 0.25) is 0 Å². The molecule has 1 amide bonds. The number of carboxylic acids is 1. The van der Waals surface area contributed by atoms with Gasteiger partial charge in [0.2, 0.25) is 0 Å². The molecule has 1 aromatic heterocycles. The van der Waals surface area contributed by atoms with E-state index in [2.05, 4.69) is 15.3 Å². The standard InChI is InChI=1S/C19H19N3O5/c23-17(13-10-21-14(11-20-13)18(24)25)22-19(5-1-2-6-19)12-3-4-15-16(9-12)27-8-7-26-15/h3-4,9-11H,1-2,5-8H2,(H,22,23)(H,24,25). The second-order valence-electron chi connectivity index (χ2n) is 6.69. The third kappa shape index (κ3) is 3.30. The Balaban J connectivity index is 1.60. The quantitative estimate of drug-likeness (QED) is 0.849. The summed E-state index contributed by atoms with van der Waals surface area (Å²) in [5, 5.41) is 12.0. The van der Waals surface area contributed by atoms with Gasteiger partial charge in [-0.1, -0.05) is 18.9 Å². The number of aromatic carboxylic acids is 1. The molecule has 0 unspecified atom stereocenters. The van der Waals surface area contributed by atoms with E-state index in [-0.39, 0.29) is 17.3 Å². The molecule has 1 saturated carbocycles. The molecule has 0 atom stereocenters. The molecule has 2 aliphatic rings. The first kappa shape index (κ1) is 17.3. The van der Waals surface area contributed by atoms with Gasteiger partial charge in [-0.25, -0.2) is 14.8 Å². The molecule has 1 aliphatic heterocycles. The molecule has 2 heterocycles. The average molecular weight is 369 g/mol. The number of carboxylic acid groups (broad SMARTS) is 1. The van der Waals surface area contributed by atoms with Crippen molar-refractivity contribution in [2.75, 3.05) is 13.2 Å². The summed E-state index contributed by atoms with van der Waals surface area (Å²) in [6.45, 7) is 1.03. The zero-order chi connectivity index (χ0) is 18.9. The summed E-state index contributed by atoms with van der Waals surface area (Å²) in [7, 11) is 0. The van der Waals surface area contributed by atoms with Gasteiger partial charge >= 0.3 is 5.97 Å². The van der Waals surface area contributed by atoms with Crippen molar-refractivity contribution < 1.29 is 24.2 Å². The van der Waals surface area contributed by atoms with E-state index in [1.807, 2.05) is 18.2 Å². The Kier molecular flexibility index (Phi) is 4.39. The fourth-order valence-electron chi connectivity index (χ4n) is 3.64. The van der Waals surface area contributed by atoms with Gasteiger partial charge in [0.1, 0.15) is 18.9 Å². The number of fused-ring (bicyclic) bond motifs is 1. The number of hydrogen-bond donors (Lipinski definition) is 2. The van der Waals surface area contributed by atoms with E-state index in [1.54, 1.807) is 0 Å². The topological polar surface area (TPSA) is 111 Å². The van der Waals surface area contributed by atoms with E-state index in [1.165, 1.54) is 6.20 Å². The van der Waals surface area contributed by atoms with Crippen molar-refractivity contribution in [2.24, 2.45) is 0 Å². The highest BCUT2D eigenvalue weighted by Gasteiger charge is 2.38. The average Bonchev–Trinajstić information content (AvgIpc) is 3.17. The maximum Gasteiger partial charge on any atom is 0.356 e. The Labute approximate surface area is 155 Å². The smallest absolute Gasteiger partial charge is 0.356 e. The van der Waals surface area contributed by atoms with Crippen LogP contribution in [0, 0.1) is 0 Å². The van der Waals surface area contributed by atoms with E-state index in [0.717, 1.165) is 37.4 Å². The zero-order valence-corrected chi connectivity index (χ0v) is 14.6. The minimum atomic E-state index is -1.18. The fourth-order valence-corrected chi connectivity index (χ4v) is 3.64. The van der Waals surface area contributed by atoms with Crippen molar-refractivity contribution >= 4 is 11.9 Å². The van der Waals surface area contributed by atoms with Crippen molar-refractivity contribution in [1.29, 1.82) is 0 Å². The lowest BCUT2D eigenvalue weighted by molar-refractivity contribution is 0.0688. The van der Waals surface area contributed by atoms with Crippen LogP contribution in [0.3, 0.4) is 0 Å². The van der Waals surface area contributed by atoms with Gasteiger partial charge < -0.3 is 19.9 Å². The van der Waals surface area contributed by atoms with Crippen molar-refractivity contribution in [3.05, 3.63) is 47.5 Å². The highest BCUT2D eigenvalue weighted by molar-refractivity contribution is 5.93. The number of aromatic nitrogens is 2. The van der Waals surface area contributed by atoms with Crippen molar-refractivity contribution in [3.63, 3.8) is 0 Å². The molecule has 4 rings (SSSR count). The van der Waals surface area contributed by atoms with Crippen LogP contribution in [-0.4, -0.2) is 40.2 Å². The summed E-state index contributed by atoms with van der Waals surface area (Å²) in [4.78, 5) is 31.3. The first-order chi connectivity index (χ1) is 13.1. The van der Waals surface area contributed by atoms with Crippen LogP contribution in [0.25, 0.3) is 0 Å². The molecule has 0 radical (unpaired) electrons. The molecule has 2 N–H and O–H groups in total. The number of carbonyl (C=O) groups is 2. The van der Waals surface area contributed by atoms with Crippen molar-refractivity contribution in [3.8, 4) is 11.5 Å². The van der Waals surface area contributed by atoms with E-state index in [4.69, 9.17) is 14.6 Å². The second-order valence-corrected chi connectivity index (χ2v) is 6.69. The largest absolute Gasteiger partial charge is 0.486 e. The molecule has 1 aliphatic carbocycles. The van der Waals surface area contributed by atoms with Crippen molar-refractivity contribution in [2.45, 2.75) is 31.2 Å². The third-order valence-electron chi connectivity index (χ3n) is 5.01. The predicted molar refractivity (Wildman–Crippen MR) is 94.0 cm³/mol. The Morgan fingerprint density at radius 3 is 2.33 bits per heavy atom. The molecule has 140 valence electrons. The Hall–Kier alpha value is -3.16. The van der Waals surface area contributed by atoms with Gasteiger partial charge in [0.15, 0.2) is 17.2 Å². The van der Waals surface area contributed by atoms with E-state index in [9.17, 15) is 9.59 Å². The maximum absolute atomic E-state index is 12.7. The Morgan fingerprint density at radius 2 is 1.67 bits per heavy atom. The van der Waals surface area contributed by atoms with Crippen molar-refractivity contribution in [1.82, 2.24) is 15.3 Å². The van der Waals surface area contributed by atoms with Crippen LogP contribution in [0.1, 0.15) is 52.2 Å². The van der Waals surface area contributed by atoms with Crippen LogP contribution in [-0.2, 0) is 5.54 Å². The lowest BCUT2D eigenvalue weighted by Gasteiger charge is -2.32. The van der Waals surface area contributed by atoms with Crippen LogP contribution >= 0.6 is 0 Å². The monoisotopic (exact) mass is 369 g/mol. The van der Waals surface area contributed by atoms with Crippen LogP contribution in [0.4, 0.5) is 0 Å². The number of amides is 1. The van der Waals surface area contributed by atoms with Crippen LogP contribution < -0.4 is 14.8 Å². The number of hydrogen-bond acceptors (Lipinski definition) is 6. The number of nitrogens with one attached hydrogen (secondary N) is 1. The first-order valence-corrected chi connectivity index (χ1v) is 8.85. The second kappa shape index (κ2) is 6.86. The number of carbonyl (C=O) groups excluding carboxylic acids is 1. The molecule has 0 saturated heterocycles. The van der Waals surface area contributed by atoms with Gasteiger partial charge in [0.25, 0.3) is 5.91 Å². The number of nitrogens with zero attached hydrogens (tertiary/aromatic N) is 2. The van der Waals surface area contributed by atoms with Crippen LogP contribution in [0.5, 0.6) is 11.5 Å². The highest BCUT2D eigenvalue weighted by atomic mass is 16.6. The summed E-state index contributed by atoms with van der Waals surface area (Å²) >= 11 is 0. The summed E-state index contributed by atoms with van der Waals surface area (Å²) < 4.78 is 11.3. The molecular formula is C19H19N3O5. The molecule has 1 aromatic carbocycles. The van der Waals surface area contributed by atoms with E-state index in [0.29, 0.717) is 24.7 Å². The zero-order valence-electron chi connectivity index (χ0n) is 14.6. The first-order valence-electron chi connectivity index (χ1n) is 8.85. The third-order valence-corrected chi connectivity index (χ3v) is 5.01. The lowest BCUT2D eigenvalue weighted by Crippen LogP contribution is -2.44. The summed E-state index contributed by atoms with van der Waals surface area (Å²) in [5.41, 5.74) is 0.338. The minimum absolute atomic E-state index is 0.0869. The molecule has 0 bridgehead atoms. The Bertz CT molecular complexity index is 875. The van der Waals surface area contributed by atoms with E-state index >= 15 is 0 Å². The predicted octanol–water partition coefficient (Wildman–Crippen LogP) is 2.15.